The highest BCUT2D eigenvalue weighted by Crippen LogP contribution is 2.14. The van der Waals surface area contributed by atoms with E-state index in [1.165, 1.54) is 0 Å². The molecule has 0 N–H and O–H groups in total. The first-order valence-corrected chi connectivity index (χ1v) is 9.04. The highest BCUT2D eigenvalue weighted by molar-refractivity contribution is 5.96. The first-order chi connectivity index (χ1) is 12.1. The summed E-state index contributed by atoms with van der Waals surface area (Å²) < 4.78 is 10.5. The van der Waals surface area contributed by atoms with Crippen LogP contribution in [0.1, 0.15) is 37.0 Å². The Kier molecular flexibility index (Phi) is 10.1. The fourth-order valence-electron chi connectivity index (χ4n) is 2.73. The second kappa shape index (κ2) is 11.8. The van der Waals surface area contributed by atoms with Gasteiger partial charge >= 0.3 is 6.09 Å². The molecule has 0 aliphatic carbocycles. The van der Waals surface area contributed by atoms with Crippen LogP contribution < -0.4 is 4.74 Å². The van der Waals surface area contributed by atoms with Gasteiger partial charge in [-0.15, -0.1) is 12.4 Å². The normalized spacial score (nSPS) is 14.5. The minimum absolute atomic E-state index is 0. The van der Waals surface area contributed by atoms with E-state index in [9.17, 15) is 9.59 Å². The maximum Gasteiger partial charge on any atom is 0.409 e. The van der Waals surface area contributed by atoms with Gasteiger partial charge in [0.05, 0.1) is 13.2 Å². The van der Waals surface area contributed by atoms with Gasteiger partial charge in [0.1, 0.15) is 5.75 Å². The van der Waals surface area contributed by atoms with Gasteiger partial charge in [-0.3, -0.25) is 9.69 Å². The van der Waals surface area contributed by atoms with Crippen molar-refractivity contribution in [3.63, 3.8) is 0 Å². The summed E-state index contributed by atoms with van der Waals surface area (Å²) in [6.07, 6.45) is 1.20. The Bertz CT molecular complexity index is 557. The van der Waals surface area contributed by atoms with Crippen LogP contribution in [-0.2, 0) is 4.74 Å². The number of rotatable bonds is 8. The van der Waals surface area contributed by atoms with Crippen LogP contribution in [-0.4, -0.2) is 67.6 Å². The number of hydrogen-bond acceptors (Lipinski definition) is 5. The van der Waals surface area contributed by atoms with Crippen molar-refractivity contribution in [2.45, 2.75) is 26.7 Å². The van der Waals surface area contributed by atoms with Crippen LogP contribution in [0.4, 0.5) is 4.79 Å². The largest absolute Gasteiger partial charge is 0.494 e. The molecule has 1 aromatic rings. The summed E-state index contributed by atoms with van der Waals surface area (Å²) in [7, 11) is 0. The monoisotopic (exact) mass is 384 g/mol. The zero-order valence-corrected chi connectivity index (χ0v) is 16.4. The summed E-state index contributed by atoms with van der Waals surface area (Å²) in [5.74, 6) is 0.934. The van der Waals surface area contributed by atoms with E-state index < -0.39 is 0 Å². The van der Waals surface area contributed by atoms with Gasteiger partial charge in [-0.1, -0.05) is 6.92 Å². The zero-order valence-electron chi connectivity index (χ0n) is 15.6. The summed E-state index contributed by atoms with van der Waals surface area (Å²) in [6.45, 7) is 8.51. The predicted octanol–water partition coefficient (Wildman–Crippen LogP) is 3.24. The topological polar surface area (TPSA) is 59.1 Å². The number of carbonyl (C=O) groups is 2. The van der Waals surface area contributed by atoms with Crippen molar-refractivity contribution in [1.82, 2.24) is 9.80 Å². The van der Waals surface area contributed by atoms with Gasteiger partial charge in [0.2, 0.25) is 0 Å². The minimum atomic E-state index is -0.247. The van der Waals surface area contributed by atoms with Crippen LogP contribution in [0, 0.1) is 0 Å². The average Bonchev–Trinajstić information content (AvgIpc) is 2.65. The van der Waals surface area contributed by atoms with Gasteiger partial charge in [0.25, 0.3) is 0 Å². The number of nitrogens with zero attached hydrogens (tertiary/aromatic N) is 2. The number of amides is 1. The van der Waals surface area contributed by atoms with E-state index in [4.69, 9.17) is 9.47 Å². The highest BCUT2D eigenvalue weighted by Gasteiger charge is 2.22. The Balaban J connectivity index is 0.00000338. The number of hydrogen-bond donors (Lipinski definition) is 0. The Labute approximate surface area is 161 Å². The predicted molar refractivity (Wildman–Crippen MR) is 103 cm³/mol. The number of halogens is 1. The van der Waals surface area contributed by atoms with Crippen molar-refractivity contribution >= 4 is 24.3 Å². The lowest BCUT2D eigenvalue weighted by Gasteiger charge is -2.33. The van der Waals surface area contributed by atoms with Gasteiger partial charge in [0, 0.05) is 44.7 Å². The van der Waals surface area contributed by atoms with Gasteiger partial charge in [0.15, 0.2) is 5.78 Å². The number of benzene rings is 1. The van der Waals surface area contributed by atoms with Crippen LogP contribution in [0.15, 0.2) is 24.3 Å². The van der Waals surface area contributed by atoms with E-state index in [-0.39, 0.29) is 24.3 Å². The van der Waals surface area contributed by atoms with E-state index in [1.807, 2.05) is 31.2 Å². The molecular formula is C19H29ClN2O4. The van der Waals surface area contributed by atoms with Gasteiger partial charge in [-0.25, -0.2) is 4.79 Å². The van der Waals surface area contributed by atoms with E-state index >= 15 is 0 Å². The molecule has 26 heavy (non-hydrogen) atoms. The molecule has 0 unspecified atom stereocenters. The van der Waals surface area contributed by atoms with Gasteiger partial charge in [-0.05, 0) is 37.6 Å². The van der Waals surface area contributed by atoms with Crippen LogP contribution >= 0.6 is 12.4 Å². The Hall–Kier alpha value is -1.79. The van der Waals surface area contributed by atoms with E-state index in [0.29, 0.717) is 44.8 Å². The number of carbonyl (C=O) groups excluding carboxylic acids is 2. The van der Waals surface area contributed by atoms with Crippen LogP contribution in [0.3, 0.4) is 0 Å². The van der Waals surface area contributed by atoms with Crippen molar-refractivity contribution in [3.05, 3.63) is 29.8 Å². The van der Waals surface area contributed by atoms with Crippen molar-refractivity contribution in [3.8, 4) is 5.75 Å². The average molecular weight is 385 g/mol. The fraction of sp³-hybridized carbons (Fsp3) is 0.579. The molecule has 0 aromatic heterocycles. The van der Waals surface area contributed by atoms with Crippen LogP contribution in [0.2, 0.25) is 0 Å². The number of ether oxygens (including phenoxy) is 2. The van der Waals surface area contributed by atoms with Crippen molar-refractivity contribution in [2.24, 2.45) is 0 Å². The molecule has 1 aliphatic heterocycles. The molecule has 1 heterocycles. The molecule has 0 atom stereocenters. The van der Waals surface area contributed by atoms with Crippen LogP contribution in [0.5, 0.6) is 5.75 Å². The summed E-state index contributed by atoms with van der Waals surface area (Å²) in [5, 5.41) is 0. The fourth-order valence-corrected chi connectivity index (χ4v) is 2.73. The lowest BCUT2D eigenvalue weighted by molar-refractivity contribution is 0.0764. The maximum absolute atomic E-state index is 12.3. The second-order valence-electron chi connectivity index (χ2n) is 6.07. The van der Waals surface area contributed by atoms with Crippen molar-refractivity contribution < 1.29 is 19.1 Å². The summed E-state index contributed by atoms with van der Waals surface area (Å²) in [6, 6.07) is 7.35. The third-order valence-corrected chi connectivity index (χ3v) is 4.20. The highest BCUT2D eigenvalue weighted by atomic mass is 35.5. The molecule has 6 nitrogen and oxygen atoms in total. The first-order valence-electron chi connectivity index (χ1n) is 9.04. The number of ketones is 1. The summed E-state index contributed by atoms with van der Waals surface area (Å²) >= 11 is 0. The molecule has 7 heteroatoms. The van der Waals surface area contributed by atoms with Gasteiger partial charge < -0.3 is 14.4 Å². The van der Waals surface area contributed by atoms with E-state index in [0.717, 1.165) is 25.3 Å². The molecule has 0 saturated carbocycles. The van der Waals surface area contributed by atoms with Gasteiger partial charge in [-0.2, -0.15) is 0 Å². The third kappa shape index (κ3) is 6.84. The molecule has 1 aromatic carbocycles. The molecule has 1 aliphatic rings. The second-order valence-corrected chi connectivity index (χ2v) is 6.07. The third-order valence-electron chi connectivity index (χ3n) is 4.20. The molecule has 146 valence electrons. The molecule has 0 bridgehead atoms. The smallest absolute Gasteiger partial charge is 0.409 e. The Morgan fingerprint density at radius 2 is 1.69 bits per heavy atom. The Morgan fingerprint density at radius 3 is 2.27 bits per heavy atom. The standard InChI is InChI=1S/C19H28N2O4.ClH/c1-3-15-25-17-7-5-16(6-8-17)18(22)9-10-20-11-13-21(14-12-20)19(23)24-4-2;/h5-8H,3-4,9-15H2,1-2H3;1H. The molecular weight excluding hydrogens is 356 g/mol. The minimum Gasteiger partial charge on any atom is -0.494 e. The summed E-state index contributed by atoms with van der Waals surface area (Å²) in [4.78, 5) is 27.9. The van der Waals surface area contributed by atoms with Crippen molar-refractivity contribution in [1.29, 1.82) is 0 Å². The molecule has 1 saturated heterocycles. The molecule has 0 radical (unpaired) electrons. The zero-order chi connectivity index (χ0) is 18.1. The molecule has 2 rings (SSSR count). The lowest BCUT2D eigenvalue weighted by atomic mass is 10.1. The number of piperazine rings is 1. The summed E-state index contributed by atoms with van der Waals surface area (Å²) in [5.41, 5.74) is 0.717. The van der Waals surface area contributed by atoms with Crippen molar-refractivity contribution in [2.75, 3.05) is 45.9 Å². The maximum atomic E-state index is 12.3. The van der Waals surface area contributed by atoms with Crippen LogP contribution in [0.25, 0.3) is 0 Å². The first kappa shape index (κ1) is 22.3. The Morgan fingerprint density at radius 1 is 1.04 bits per heavy atom. The van der Waals surface area contributed by atoms with E-state index in [1.54, 1.807) is 4.90 Å². The quantitative estimate of drug-likeness (QED) is 0.644. The number of Topliss-reactive ketones (excluding diaryl/α,β-unsaturated/α-hetero) is 1. The SMILES string of the molecule is CCCOc1ccc(C(=O)CCN2CCN(C(=O)OCC)CC2)cc1.Cl. The molecule has 0 spiro atoms. The lowest BCUT2D eigenvalue weighted by Crippen LogP contribution is -2.49. The molecule has 1 fully saturated rings. The molecule has 1 amide bonds. The van der Waals surface area contributed by atoms with E-state index in [2.05, 4.69) is 11.8 Å².